The molecule has 0 saturated carbocycles. The van der Waals surface area contributed by atoms with E-state index in [1.165, 1.54) is 11.3 Å². The van der Waals surface area contributed by atoms with Gasteiger partial charge in [0, 0.05) is 6.20 Å². The molecule has 3 aromatic carbocycles. The van der Waals surface area contributed by atoms with Crippen LogP contribution in [0.4, 0.5) is 5.13 Å². The molecule has 0 fully saturated rings. The second-order valence-electron chi connectivity index (χ2n) is 7.64. The van der Waals surface area contributed by atoms with Gasteiger partial charge in [-0.25, -0.2) is 4.98 Å². The molecule has 0 aliphatic carbocycles. The van der Waals surface area contributed by atoms with E-state index in [9.17, 15) is 4.79 Å². The van der Waals surface area contributed by atoms with Crippen LogP contribution in [-0.4, -0.2) is 29.6 Å². The lowest BCUT2D eigenvalue weighted by atomic mass is 10.0. The van der Waals surface area contributed by atoms with Crippen molar-refractivity contribution >= 4 is 43.4 Å². The Morgan fingerprint density at radius 1 is 1.03 bits per heavy atom. The molecule has 6 nitrogen and oxygen atoms in total. The maximum absolute atomic E-state index is 14.2. The second-order valence-corrected chi connectivity index (χ2v) is 8.64. The first kappa shape index (κ1) is 21.9. The maximum atomic E-state index is 14.2. The number of anilines is 1. The number of benzene rings is 3. The highest BCUT2D eigenvalue weighted by atomic mass is 32.1. The molecule has 1 amide bonds. The van der Waals surface area contributed by atoms with Crippen LogP contribution in [0, 0.1) is 0 Å². The number of fused-ring (bicyclic) bond motifs is 2. The van der Waals surface area contributed by atoms with Crippen LogP contribution in [-0.2, 0) is 6.54 Å². The summed E-state index contributed by atoms with van der Waals surface area (Å²) in [4.78, 5) is 25.1. The first-order chi connectivity index (χ1) is 16.7. The number of ether oxygens (including phenoxy) is 2. The van der Waals surface area contributed by atoms with E-state index in [1.807, 2.05) is 79.7 Å². The lowest BCUT2D eigenvalue weighted by Gasteiger charge is -2.22. The molecule has 0 radical (unpaired) electrons. The number of amides is 1. The summed E-state index contributed by atoms with van der Waals surface area (Å²) < 4.78 is 12.2. The molecule has 5 rings (SSSR count). The van der Waals surface area contributed by atoms with Crippen LogP contribution in [0.5, 0.6) is 11.5 Å². The van der Waals surface area contributed by atoms with Gasteiger partial charge < -0.3 is 9.47 Å². The predicted molar refractivity (Wildman–Crippen MR) is 136 cm³/mol. The monoisotopic (exact) mass is 469 g/mol. The number of carbonyl (C=O) groups is 1. The third kappa shape index (κ3) is 4.18. The predicted octanol–water partition coefficient (Wildman–Crippen LogP) is 6.10. The minimum atomic E-state index is -0.183. The Morgan fingerprint density at radius 3 is 2.68 bits per heavy atom. The van der Waals surface area contributed by atoms with Gasteiger partial charge in [0.15, 0.2) is 5.13 Å². The van der Waals surface area contributed by atoms with Gasteiger partial charge in [0.05, 0.1) is 41.7 Å². The van der Waals surface area contributed by atoms with Gasteiger partial charge in [-0.1, -0.05) is 47.7 Å². The zero-order valence-electron chi connectivity index (χ0n) is 18.9. The van der Waals surface area contributed by atoms with Crippen LogP contribution in [0.15, 0.2) is 79.0 Å². The molecule has 0 aliphatic rings. The third-order valence-corrected chi connectivity index (χ3v) is 6.55. The summed E-state index contributed by atoms with van der Waals surface area (Å²) in [5.41, 5.74) is 2.10. The average Bonchev–Trinajstić information content (AvgIpc) is 3.30. The van der Waals surface area contributed by atoms with Gasteiger partial charge in [-0.2, -0.15) is 0 Å². The fourth-order valence-electron chi connectivity index (χ4n) is 3.90. The topological polar surface area (TPSA) is 64.5 Å². The molecule has 0 aliphatic heterocycles. The number of carbonyl (C=O) groups excluding carboxylic acids is 1. The molecule has 34 heavy (non-hydrogen) atoms. The molecular weight excluding hydrogens is 446 g/mol. The summed E-state index contributed by atoms with van der Waals surface area (Å²) in [6, 6.07) is 23.1. The summed E-state index contributed by atoms with van der Waals surface area (Å²) in [6.07, 6.45) is 1.73. The van der Waals surface area contributed by atoms with Gasteiger partial charge >= 0.3 is 0 Å². The van der Waals surface area contributed by atoms with Crippen molar-refractivity contribution in [1.29, 1.82) is 0 Å². The standard InChI is InChI=1S/C27H23N3O3S/c1-3-33-23-14-11-18-8-4-5-10-21(18)25(23)26(31)30(17-19-9-6-7-15-28-19)27-29-22-13-12-20(32-2)16-24(22)34-27/h4-16H,3,17H2,1-2H3. The molecule has 0 saturated heterocycles. The van der Waals surface area contributed by atoms with Crippen molar-refractivity contribution in [2.45, 2.75) is 13.5 Å². The molecule has 2 heterocycles. The minimum Gasteiger partial charge on any atom is -0.497 e. The molecule has 170 valence electrons. The molecule has 0 N–H and O–H groups in total. The molecule has 5 aromatic rings. The minimum absolute atomic E-state index is 0.183. The van der Waals surface area contributed by atoms with Crippen LogP contribution in [0.3, 0.4) is 0 Å². The number of aromatic nitrogens is 2. The molecule has 2 aromatic heterocycles. The van der Waals surface area contributed by atoms with E-state index in [4.69, 9.17) is 14.5 Å². The lowest BCUT2D eigenvalue weighted by molar-refractivity contribution is 0.0983. The fraction of sp³-hybridized carbons (Fsp3) is 0.148. The highest BCUT2D eigenvalue weighted by molar-refractivity contribution is 7.22. The van der Waals surface area contributed by atoms with Crippen molar-refractivity contribution in [2.75, 3.05) is 18.6 Å². The molecule has 7 heteroatoms. The van der Waals surface area contributed by atoms with E-state index in [0.29, 0.717) is 23.1 Å². The number of thiazole rings is 1. The third-order valence-electron chi connectivity index (χ3n) is 5.51. The summed E-state index contributed by atoms with van der Waals surface area (Å²) in [7, 11) is 1.63. The van der Waals surface area contributed by atoms with E-state index in [1.54, 1.807) is 18.2 Å². The van der Waals surface area contributed by atoms with Gasteiger partial charge in [0.2, 0.25) is 0 Å². The number of hydrogen-bond donors (Lipinski definition) is 0. The Bertz CT molecular complexity index is 1470. The zero-order valence-corrected chi connectivity index (χ0v) is 19.7. The normalized spacial score (nSPS) is 11.0. The Kier molecular flexibility index (Phi) is 6.10. The molecule has 0 unspecified atom stereocenters. The summed E-state index contributed by atoms with van der Waals surface area (Å²) in [5.74, 6) is 1.12. The molecule has 0 atom stereocenters. The Hall–Kier alpha value is -3.97. The van der Waals surface area contributed by atoms with Crippen molar-refractivity contribution in [1.82, 2.24) is 9.97 Å². The van der Waals surface area contributed by atoms with Crippen molar-refractivity contribution < 1.29 is 14.3 Å². The van der Waals surface area contributed by atoms with Crippen molar-refractivity contribution in [3.63, 3.8) is 0 Å². The van der Waals surface area contributed by atoms with Crippen LogP contribution >= 0.6 is 11.3 Å². The van der Waals surface area contributed by atoms with E-state index < -0.39 is 0 Å². The van der Waals surface area contributed by atoms with Crippen molar-refractivity contribution in [2.24, 2.45) is 0 Å². The Labute approximate surface area is 201 Å². The number of pyridine rings is 1. The average molecular weight is 470 g/mol. The van der Waals surface area contributed by atoms with Gasteiger partial charge in [0.25, 0.3) is 5.91 Å². The molecule has 0 spiro atoms. The smallest absolute Gasteiger partial charge is 0.264 e. The molecule has 0 bridgehead atoms. The summed E-state index contributed by atoms with van der Waals surface area (Å²) >= 11 is 1.45. The summed E-state index contributed by atoms with van der Waals surface area (Å²) in [6.45, 7) is 2.65. The van der Waals surface area contributed by atoms with Crippen LogP contribution in [0.2, 0.25) is 0 Å². The Morgan fingerprint density at radius 2 is 1.88 bits per heavy atom. The van der Waals surface area contributed by atoms with Crippen LogP contribution in [0.1, 0.15) is 23.0 Å². The highest BCUT2D eigenvalue weighted by Crippen LogP contribution is 2.36. The Balaban J connectivity index is 1.67. The first-order valence-electron chi connectivity index (χ1n) is 11.0. The quantitative estimate of drug-likeness (QED) is 0.288. The van der Waals surface area contributed by atoms with Gasteiger partial charge in [0.1, 0.15) is 11.5 Å². The van der Waals surface area contributed by atoms with Gasteiger partial charge in [-0.3, -0.25) is 14.7 Å². The molecular formula is C27H23N3O3S. The van der Waals surface area contributed by atoms with Crippen molar-refractivity contribution in [3.05, 3.63) is 90.3 Å². The van der Waals surface area contributed by atoms with Crippen molar-refractivity contribution in [3.8, 4) is 11.5 Å². The lowest BCUT2D eigenvalue weighted by Crippen LogP contribution is -2.31. The number of hydrogen-bond acceptors (Lipinski definition) is 6. The zero-order chi connectivity index (χ0) is 23.5. The van der Waals surface area contributed by atoms with Gasteiger partial charge in [-0.15, -0.1) is 0 Å². The van der Waals surface area contributed by atoms with Crippen LogP contribution < -0.4 is 14.4 Å². The highest BCUT2D eigenvalue weighted by Gasteiger charge is 2.27. The summed E-state index contributed by atoms with van der Waals surface area (Å²) in [5, 5.41) is 2.41. The SMILES string of the molecule is CCOc1ccc2ccccc2c1C(=O)N(Cc1ccccn1)c1nc2ccc(OC)cc2s1. The number of rotatable bonds is 7. The maximum Gasteiger partial charge on any atom is 0.264 e. The largest absolute Gasteiger partial charge is 0.497 e. The van der Waals surface area contributed by atoms with Gasteiger partial charge in [-0.05, 0) is 54.1 Å². The van der Waals surface area contributed by atoms with Crippen LogP contribution in [0.25, 0.3) is 21.0 Å². The van der Waals surface area contributed by atoms with E-state index in [-0.39, 0.29) is 12.5 Å². The number of nitrogens with zero attached hydrogens (tertiary/aromatic N) is 3. The van der Waals surface area contributed by atoms with E-state index in [0.717, 1.165) is 32.4 Å². The fourth-order valence-corrected chi connectivity index (χ4v) is 4.89. The second kappa shape index (κ2) is 9.49. The van der Waals surface area contributed by atoms with E-state index in [2.05, 4.69) is 4.98 Å². The number of methoxy groups -OCH3 is 1. The van der Waals surface area contributed by atoms with E-state index >= 15 is 0 Å². The first-order valence-corrected chi connectivity index (χ1v) is 11.8.